The normalized spacial score (nSPS) is 10.2. The van der Waals surface area contributed by atoms with Crippen molar-refractivity contribution in [3.63, 3.8) is 0 Å². The molecule has 0 saturated heterocycles. The van der Waals surface area contributed by atoms with Crippen LogP contribution in [-0.4, -0.2) is 26.2 Å². The summed E-state index contributed by atoms with van der Waals surface area (Å²) >= 11 is 5.64. The number of methoxy groups -OCH3 is 1. The smallest absolute Gasteiger partial charge is 0.257 e. The number of carbonyl (C=O) groups excluding carboxylic acids is 1. The molecule has 23 heavy (non-hydrogen) atoms. The lowest BCUT2D eigenvalue weighted by Crippen LogP contribution is -2.30. The summed E-state index contributed by atoms with van der Waals surface area (Å²) in [5, 5.41) is 2.71. The van der Waals surface area contributed by atoms with E-state index >= 15 is 0 Å². The quantitative estimate of drug-likeness (QED) is 0.844. The average Bonchev–Trinajstić information content (AvgIpc) is 2.56. The van der Waals surface area contributed by atoms with Crippen LogP contribution < -0.4 is 14.8 Å². The van der Waals surface area contributed by atoms with Crippen molar-refractivity contribution < 1.29 is 18.7 Å². The first-order valence-electron chi connectivity index (χ1n) is 7.06. The molecule has 2 rings (SSSR count). The molecule has 0 unspecified atom stereocenters. The van der Waals surface area contributed by atoms with Gasteiger partial charge in [-0.15, -0.1) is 0 Å². The lowest BCUT2D eigenvalue weighted by molar-refractivity contribution is -0.123. The van der Waals surface area contributed by atoms with Crippen molar-refractivity contribution >= 4 is 17.5 Å². The van der Waals surface area contributed by atoms with Crippen molar-refractivity contribution in [2.24, 2.45) is 0 Å². The molecule has 0 fully saturated rings. The molecular formula is C17H17ClFNO3. The number of hydrogen-bond donors (Lipinski definition) is 1. The van der Waals surface area contributed by atoms with Gasteiger partial charge in [0.25, 0.3) is 5.91 Å². The Morgan fingerprint density at radius 1 is 1.17 bits per heavy atom. The Kier molecular flexibility index (Phi) is 6.23. The van der Waals surface area contributed by atoms with Gasteiger partial charge in [0.1, 0.15) is 17.3 Å². The molecule has 4 nitrogen and oxygen atoms in total. The maximum absolute atomic E-state index is 13.0. The SMILES string of the molecule is COc1ccc(CCNC(=O)COc2ccc(F)c(Cl)c2)cc1. The van der Waals surface area contributed by atoms with Crippen molar-refractivity contribution in [2.45, 2.75) is 6.42 Å². The van der Waals surface area contributed by atoms with Gasteiger partial charge in [0.05, 0.1) is 12.1 Å². The molecule has 0 saturated carbocycles. The number of nitrogens with one attached hydrogen (secondary N) is 1. The molecule has 0 radical (unpaired) electrons. The first-order valence-corrected chi connectivity index (χ1v) is 7.44. The zero-order valence-corrected chi connectivity index (χ0v) is 13.4. The molecule has 6 heteroatoms. The van der Waals surface area contributed by atoms with Crippen LogP contribution in [0.4, 0.5) is 4.39 Å². The van der Waals surface area contributed by atoms with Crippen LogP contribution in [0.5, 0.6) is 11.5 Å². The van der Waals surface area contributed by atoms with Gasteiger partial charge in [-0.3, -0.25) is 4.79 Å². The molecular weight excluding hydrogens is 321 g/mol. The third kappa shape index (κ3) is 5.45. The molecule has 0 spiro atoms. The Morgan fingerprint density at radius 3 is 2.52 bits per heavy atom. The second-order valence-corrected chi connectivity index (χ2v) is 5.22. The van der Waals surface area contributed by atoms with Gasteiger partial charge in [-0.2, -0.15) is 0 Å². The lowest BCUT2D eigenvalue weighted by atomic mass is 10.1. The topological polar surface area (TPSA) is 47.6 Å². The number of halogens is 2. The molecule has 0 heterocycles. The highest BCUT2D eigenvalue weighted by molar-refractivity contribution is 6.30. The van der Waals surface area contributed by atoms with E-state index in [2.05, 4.69) is 5.32 Å². The van der Waals surface area contributed by atoms with E-state index in [-0.39, 0.29) is 17.5 Å². The van der Waals surface area contributed by atoms with Gasteiger partial charge in [-0.05, 0) is 36.2 Å². The van der Waals surface area contributed by atoms with Crippen LogP contribution in [0, 0.1) is 5.82 Å². The van der Waals surface area contributed by atoms with Crippen LogP contribution in [0.25, 0.3) is 0 Å². The summed E-state index contributed by atoms with van der Waals surface area (Å²) in [6.07, 6.45) is 0.706. The first kappa shape index (κ1) is 17.1. The van der Waals surface area contributed by atoms with Crippen LogP contribution in [0.1, 0.15) is 5.56 Å². The first-order chi connectivity index (χ1) is 11.1. The minimum absolute atomic E-state index is 0.0394. The van der Waals surface area contributed by atoms with Gasteiger partial charge < -0.3 is 14.8 Å². The van der Waals surface area contributed by atoms with Crippen molar-refractivity contribution in [3.05, 3.63) is 58.9 Å². The maximum Gasteiger partial charge on any atom is 0.257 e. The van der Waals surface area contributed by atoms with Gasteiger partial charge in [-0.25, -0.2) is 4.39 Å². The summed E-state index contributed by atoms with van der Waals surface area (Å²) in [7, 11) is 1.61. The minimum atomic E-state index is -0.525. The molecule has 0 atom stereocenters. The fourth-order valence-corrected chi connectivity index (χ4v) is 2.08. The molecule has 2 aromatic rings. The number of carbonyl (C=O) groups is 1. The van der Waals surface area contributed by atoms with Gasteiger partial charge in [0.15, 0.2) is 6.61 Å². The van der Waals surface area contributed by atoms with Crippen LogP contribution in [0.2, 0.25) is 5.02 Å². The summed E-state index contributed by atoms with van der Waals surface area (Å²) in [6, 6.07) is 11.6. The lowest BCUT2D eigenvalue weighted by Gasteiger charge is -2.08. The van der Waals surface area contributed by atoms with Gasteiger partial charge in [-0.1, -0.05) is 23.7 Å². The van der Waals surface area contributed by atoms with E-state index in [0.717, 1.165) is 11.3 Å². The zero-order chi connectivity index (χ0) is 16.7. The van der Waals surface area contributed by atoms with E-state index < -0.39 is 5.82 Å². The molecule has 122 valence electrons. The standard InChI is InChI=1S/C17H17ClFNO3/c1-22-13-4-2-12(3-5-13)8-9-20-17(21)11-23-14-6-7-16(19)15(18)10-14/h2-7,10H,8-9,11H2,1H3,(H,20,21). The Bertz CT molecular complexity index is 661. The van der Waals surface area contributed by atoms with Crippen LogP contribution in [-0.2, 0) is 11.2 Å². The average molecular weight is 338 g/mol. The third-order valence-electron chi connectivity index (χ3n) is 3.16. The fraction of sp³-hybridized carbons (Fsp3) is 0.235. The van der Waals surface area contributed by atoms with Gasteiger partial charge in [0.2, 0.25) is 0 Å². The van der Waals surface area contributed by atoms with Crippen LogP contribution >= 0.6 is 11.6 Å². The van der Waals surface area contributed by atoms with Crippen molar-refractivity contribution in [3.8, 4) is 11.5 Å². The molecule has 1 N–H and O–H groups in total. The number of amides is 1. The summed E-state index contributed by atoms with van der Waals surface area (Å²) in [5.74, 6) is 0.368. The molecule has 0 aliphatic rings. The molecule has 1 amide bonds. The minimum Gasteiger partial charge on any atom is -0.497 e. The van der Waals surface area contributed by atoms with Crippen LogP contribution in [0.15, 0.2) is 42.5 Å². The van der Waals surface area contributed by atoms with E-state index in [4.69, 9.17) is 21.1 Å². The largest absolute Gasteiger partial charge is 0.497 e. The second kappa shape index (κ2) is 8.39. The van der Waals surface area contributed by atoms with Gasteiger partial charge >= 0.3 is 0 Å². The number of hydrogen-bond acceptors (Lipinski definition) is 3. The molecule has 0 aliphatic carbocycles. The van der Waals surface area contributed by atoms with E-state index in [1.165, 1.54) is 18.2 Å². The number of ether oxygens (including phenoxy) is 2. The summed E-state index contributed by atoms with van der Waals surface area (Å²) in [4.78, 5) is 11.7. The monoisotopic (exact) mass is 337 g/mol. The summed E-state index contributed by atoms with van der Waals surface area (Å²) in [5.41, 5.74) is 1.09. The Hall–Kier alpha value is -2.27. The zero-order valence-electron chi connectivity index (χ0n) is 12.6. The number of rotatable bonds is 7. The van der Waals surface area contributed by atoms with Gasteiger partial charge in [0, 0.05) is 12.6 Å². The Labute approximate surface area is 139 Å². The third-order valence-corrected chi connectivity index (χ3v) is 3.45. The second-order valence-electron chi connectivity index (χ2n) is 4.81. The highest BCUT2D eigenvalue weighted by Crippen LogP contribution is 2.20. The van der Waals surface area contributed by atoms with E-state index in [1.807, 2.05) is 24.3 Å². The summed E-state index contributed by atoms with van der Waals surface area (Å²) < 4.78 is 23.3. The maximum atomic E-state index is 13.0. The van der Waals surface area contributed by atoms with E-state index in [0.29, 0.717) is 18.7 Å². The number of benzene rings is 2. The highest BCUT2D eigenvalue weighted by Gasteiger charge is 2.05. The fourth-order valence-electron chi connectivity index (χ4n) is 1.91. The Balaban J connectivity index is 1.71. The van der Waals surface area contributed by atoms with E-state index in [9.17, 15) is 9.18 Å². The van der Waals surface area contributed by atoms with Crippen molar-refractivity contribution in [1.82, 2.24) is 5.32 Å². The molecule has 0 bridgehead atoms. The van der Waals surface area contributed by atoms with E-state index in [1.54, 1.807) is 7.11 Å². The summed E-state index contributed by atoms with van der Waals surface area (Å²) in [6.45, 7) is 0.350. The van der Waals surface area contributed by atoms with Crippen LogP contribution in [0.3, 0.4) is 0 Å². The predicted molar refractivity (Wildman–Crippen MR) is 86.6 cm³/mol. The van der Waals surface area contributed by atoms with Crippen molar-refractivity contribution in [1.29, 1.82) is 0 Å². The molecule has 0 aliphatic heterocycles. The van der Waals surface area contributed by atoms with Crippen molar-refractivity contribution in [2.75, 3.05) is 20.3 Å². The Morgan fingerprint density at radius 2 is 1.87 bits per heavy atom. The highest BCUT2D eigenvalue weighted by atomic mass is 35.5. The predicted octanol–water partition coefficient (Wildman–Crippen LogP) is 3.23. The molecule has 0 aromatic heterocycles. The molecule has 2 aromatic carbocycles.